The fourth-order valence-electron chi connectivity index (χ4n) is 1.49. The van der Waals surface area contributed by atoms with E-state index in [4.69, 9.17) is 15.7 Å². The van der Waals surface area contributed by atoms with Crippen LogP contribution in [0.15, 0.2) is 41.9 Å². The summed E-state index contributed by atoms with van der Waals surface area (Å²) in [7, 11) is 0. The minimum Gasteiger partial charge on any atom is -0.437 e. The first kappa shape index (κ1) is 11.8. The van der Waals surface area contributed by atoms with Crippen LogP contribution in [0.25, 0.3) is 0 Å². The van der Waals surface area contributed by atoms with Crippen molar-refractivity contribution in [2.24, 2.45) is 10.9 Å². The van der Waals surface area contributed by atoms with E-state index < -0.39 is 0 Å². The molecular weight excluding hydrogens is 232 g/mol. The minimum absolute atomic E-state index is 0.0421. The lowest BCUT2D eigenvalue weighted by Crippen LogP contribution is -2.16. The molecule has 2 rings (SSSR count). The molecule has 18 heavy (non-hydrogen) atoms. The first-order chi connectivity index (χ1) is 8.72. The van der Waals surface area contributed by atoms with E-state index in [9.17, 15) is 0 Å². The van der Waals surface area contributed by atoms with Crippen molar-refractivity contribution in [2.45, 2.75) is 6.92 Å². The van der Waals surface area contributed by atoms with Crippen molar-refractivity contribution in [1.29, 1.82) is 0 Å². The number of ether oxygens (including phenoxy) is 1. The fourth-order valence-corrected chi connectivity index (χ4v) is 1.49. The van der Waals surface area contributed by atoms with Crippen LogP contribution in [0.1, 0.15) is 11.1 Å². The summed E-state index contributed by atoms with van der Waals surface area (Å²) in [5, 5.41) is 11.8. The maximum absolute atomic E-state index is 8.77. The highest BCUT2D eigenvalue weighted by Gasteiger charge is 2.13. The van der Waals surface area contributed by atoms with Crippen LogP contribution in [0.2, 0.25) is 0 Å². The molecule has 6 nitrogen and oxygen atoms in total. The van der Waals surface area contributed by atoms with Gasteiger partial charge in [-0.1, -0.05) is 5.16 Å². The van der Waals surface area contributed by atoms with Gasteiger partial charge in [0.05, 0.1) is 11.8 Å². The molecule has 2 heterocycles. The van der Waals surface area contributed by atoms with E-state index in [1.807, 2.05) is 6.92 Å². The van der Waals surface area contributed by atoms with E-state index >= 15 is 0 Å². The molecule has 0 atom stereocenters. The second kappa shape index (κ2) is 5.13. The van der Waals surface area contributed by atoms with Gasteiger partial charge in [-0.3, -0.25) is 4.98 Å². The zero-order chi connectivity index (χ0) is 13.0. The van der Waals surface area contributed by atoms with Crippen molar-refractivity contribution < 1.29 is 9.94 Å². The largest absolute Gasteiger partial charge is 0.437 e. The molecule has 2 aromatic heterocycles. The molecule has 0 unspecified atom stereocenters. The van der Waals surface area contributed by atoms with Gasteiger partial charge in [-0.25, -0.2) is 4.98 Å². The summed E-state index contributed by atoms with van der Waals surface area (Å²) in [6.07, 6.45) is 4.79. The average Bonchev–Trinajstić information content (AvgIpc) is 2.39. The third-order valence-electron chi connectivity index (χ3n) is 2.34. The van der Waals surface area contributed by atoms with Crippen LogP contribution >= 0.6 is 0 Å². The van der Waals surface area contributed by atoms with Crippen LogP contribution in [0.3, 0.4) is 0 Å². The summed E-state index contributed by atoms with van der Waals surface area (Å²) in [6.45, 7) is 1.82. The minimum atomic E-state index is -0.0421. The zero-order valence-electron chi connectivity index (χ0n) is 9.74. The van der Waals surface area contributed by atoms with Gasteiger partial charge in [-0.05, 0) is 30.7 Å². The molecule has 3 N–H and O–H groups in total. The molecule has 0 saturated carbocycles. The topological polar surface area (TPSA) is 93.6 Å². The zero-order valence-corrected chi connectivity index (χ0v) is 9.74. The third-order valence-corrected chi connectivity index (χ3v) is 2.34. The van der Waals surface area contributed by atoms with E-state index in [1.165, 1.54) is 0 Å². The smallest absolute Gasteiger partial charge is 0.230 e. The number of pyridine rings is 2. The predicted octanol–water partition coefficient (Wildman–Crippen LogP) is 1.67. The van der Waals surface area contributed by atoms with E-state index in [0.29, 0.717) is 11.3 Å². The molecule has 0 aromatic carbocycles. The number of rotatable bonds is 3. The highest BCUT2D eigenvalue weighted by molar-refractivity contribution is 6.00. The number of nitrogens with two attached hydrogens (primary N) is 1. The lowest BCUT2D eigenvalue weighted by atomic mass is 10.1. The fraction of sp³-hybridized carbons (Fsp3) is 0.0833. The molecule has 2 aromatic rings. The average molecular weight is 244 g/mol. The summed E-state index contributed by atoms with van der Waals surface area (Å²) in [4.78, 5) is 8.02. The first-order valence-corrected chi connectivity index (χ1v) is 5.23. The Morgan fingerprint density at radius 1 is 1.39 bits per heavy atom. The highest BCUT2D eigenvalue weighted by atomic mass is 16.5. The molecule has 0 aliphatic carbocycles. The summed E-state index contributed by atoms with van der Waals surface area (Å²) in [6, 6.07) is 5.24. The summed E-state index contributed by atoms with van der Waals surface area (Å²) < 4.78 is 5.57. The Bertz CT molecular complexity index is 570. The molecule has 0 radical (unpaired) electrons. The normalized spacial score (nSPS) is 11.3. The Hall–Kier alpha value is -2.63. The molecular formula is C12H12N4O2. The monoisotopic (exact) mass is 244 g/mol. The molecule has 0 bridgehead atoms. The van der Waals surface area contributed by atoms with Crippen molar-refractivity contribution in [1.82, 2.24) is 9.97 Å². The molecule has 92 valence electrons. The standard InChI is InChI=1S/C12H12N4O2/c1-8-4-6-15-12(10(8)11(13)16-17)18-9-3-2-5-14-7-9/h2-7,17H,1H3,(H2,13,16). The van der Waals surface area contributed by atoms with Crippen LogP contribution in [0.4, 0.5) is 0 Å². The van der Waals surface area contributed by atoms with Gasteiger partial charge in [-0.2, -0.15) is 0 Å². The molecule has 0 fully saturated rings. The number of hydrogen-bond donors (Lipinski definition) is 2. The maximum atomic E-state index is 8.77. The van der Waals surface area contributed by atoms with Gasteiger partial charge in [0.2, 0.25) is 5.88 Å². The van der Waals surface area contributed by atoms with Gasteiger partial charge in [0.1, 0.15) is 5.75 Å². The van der Waals surface area contributed by atoms with Crippen LogP contribution in [-0.4, -0.2) is 21.0 Å². The van der Waals surface area contributed by atoms with Crippen molar-refractivity contribution in [3.8, 4) is 11.6 Å². The predicted molar refractivity (Wildman–Crippen MR) is 65.8 cm³/mol. The van der Waals surface area contributed by atoms with Gasteiger partial charge in [0.25, 0.3) is 0 Å². The number of hydrogen-bond acceptors (Lipinski definition) is 5. The van der Waals surface area contributed by atoms with Crippen LogP contribution in [0, 0.1) is 6.92 Å². The number of amidine groups is 1. The number of aryl methyl sites for hydroxylation is 1. The van der Waals surface area contributed by atoms with Crippen molar-refractivity contribution in [2.75, 3.05) is 0 Å². The summed E-state index contributed by atoms with van der Waals surface area (Å²) in [5.41, 5.74) is 6.88. The first-order valence-electron chi connectivity index (χ1n) is 5.23. The molecule has 0 amide bonds. The van der Waals surface area contributed by atoms with Crippen molar-refractivity contribution >= 4 is 5.84 Å². The molecule has 6 heteroatoms. The Labute approximate surface area is 104 Å². The maximum Gasteiger partial charge on any atom is 0.230 e. The van der Waals surface area contributed by atoms with Crippen LogP contribution in [-0.2, 0) is 0 Å². The van der Waals surface area contributed by atoms with E-state index in [-0.39, 0.29) is 11.7 Å². The van der Waals surface area contributed by atoms with Crippen LogP contribution < -0.4 is 10.5 Å². The Morgan fingerprint density at radius 3 is 2.89 bits per heavy atom. The Balaban J connectivity index is 2.42. The van der Waals surface area contributed by atoms with Gasteiger partial charge < -0.3 is 15.7 Å². The molecule has 0 aliphatic heterocycles. The summed E-state index contributed by atoms with van der Waals surface area (Å²) in [5.74, 6) is 0.764. The highest BCUT2D eigenvalue weighted by Crippen LogP contribution is 2.24. The number of nitrogens with zero attached hydrogens (tertiary/aromatic N) is 3. The number of oxime groups is 1. The van der Waals surface area contributed by atoms with E-state index in [0.717, 1.165) is 5.56 Å². The van der Waals surface area contributed by atoms with Gasteiger partial charge in [0, 0.05) is 12.4 Å². The van der Waals surface area contributed by atoms with Gasteiger partial charge in [0.15, 0.2) is 5.84 Å². The van der Waals surface area contributed by atoms with Crippen LogP contribution in [0.5, 0.6) is 11.6 Å². The molecule has 0 spiro atoms. The Kier molecular flexibility index (Phi) is 3.38. The second-order valence-electron chi connectivity index (χ2n) is 3.58. The molecule has 0 aliphatic rings. The van der Waals surface area contributed by atoms with E-state index in [2.05, 4.69) is 15.1 Å². The van der Waals surface area contributed by atoms with E-state index in [1.54, 1.807) is 36.8 Å². The quantitative estimate of drug-likeness (QED) is 0.371. The lowest BCUT2D eigenvalue weighted by Gasteiger charge is -2.10. The number of aromatic nitrogens is 2. The SMILES string of the molecule is Cc1ccnc(Oc2cccnc2)c1/C(N)=N/O. The summed E-state index contributed by atoms with van der Waals surface area (Å²) >= 11 is 0. The van der Waals surface area contributed by atoms with Crippen molar-refractivity contribution in [3.05, 3.63) is 47.9 Å². The molecule has 0 saturated heterocycles. The van der Waals surface area contributed by atoms with Crippen molar-refractivity contribution in [3.63, 3.8) is 0 Å². The second-order valence-corrected chi connectivity index (χ2v) is 3.58. The van der Waals surface area contributed by atoms with Gasteiger partial charge in [-0.15, -0.1) is 0 Å². The Morgan fingerprint density at radius 2 is 2.22 bits per heavy atom. The lowest BCUT2D eigenvalue weighted by molar-refractivity contribution is 0.318. The third kappa shape index (κ3) is 2.37. The van der Waals surface area contributed by atoms with Gasteiger partial charge >= 0.3 is 0 Å².